The van der Waals surface area contributed by atoms with Crippen molar-refractivity contribution in [2.45, 2.75) is 19.4 Å². The lowest BCUT2D eigenvalue weighted by Crippen LogP contribution is -2.47. The molecule has 5 nitrogen and oxygen atoms in total. The van der Waals surface area contributed by atoms with Gasteiger partial charge in [0.2, 0.25) is 5.88 Å². The molecule has 6 heteroatoms. The Hall–Kier alpha value is -1.07. The molecular weight excluding hydrogens is 254 g/mol. The van der Waals surface area contributed by atoms with Crippen LogP contribution in [0.5, 0.6) is 5.88 Å². The fourth-order valence-electron chi connectivity index (χ4n) is 1.84. The first-order valence-electron chi connectivity index (χ1n) is 6.20. The number of alkyl halides is 1. The number of hydrogen-bond acceptors (Lipinski definition) is 5. The monoisotopic (exact) mass is 271 g/mol. The molecule has 1 unspecified atom stereocenters. The van der Waals surface area contributed by atoms with Crippen LogP contribution in [-0.2, 0) is 4.74 Å². The van der Waals surface area contributed by atoms with Gasteiger partial charge in [0, 0.05) is 12.4 Å². The molecule has 0 N–H and O–H groups in total. The maximum atomic E-state index is 5.95. The molecule has 1 aromatic heterocycles. The minimum Gasteiger partial charge on any atom is -0.477 e. The van der Waals surface area contributed by atoms with Gasteiger partial charge in [0.1, 0.15) is 0 Å². The Morgan fingerprint density at radius 2 is 2.44 bits per heavy atom. The normalized spacial score (nSPS) is 19.9. The van der Waals surface area contributed by atoms with Gasteiger partial charge in [0.15, 0.2) is 5.82 Å². The lowest BCUT2D eigenvalue weighted by molar-refractivity contribution is 0.0992. The van der Waals surface area contributed by atoms with E-state index in [1.165, 1.54) is 0 Å². The van der Waals surface area contributed by atoms with E-state index in [1.807, 2.05) is 0 Å². The van der Waals surface area contributed by atoms with Gasteiger partial charge < -0.3 is 14.4 Å². The van der Waals surface area contributed by atoms with Crippen LogP contribution in [0.4, 0.5) is 5.82 Å². The minimum absolute atomic E-state index is 0.149. The highest BCUT2D eigenvalue weighted by atomic mass is 35.5. The molecule has 0 spiro atoms. The highest BCUT2D eigenvalue weighted by Gasteiger charge is 2.23. The second kappa shape index (κ2) is 6.75. The van der Waals surface area contributed by atoms with Gasteiger partial charge in [0.05, 0.1) is 38.3 Å². The van der Waals surface area contributed by atoms with Crippen molar-refractivity contribution in [3.8, 4) is 5.88 Å². The maximum absolute atomic E-state index is 5.95. The average Bonchev–Trinajstić information content (AvgIpc) is 2.45. The Morgan fingerprint density at radius 1 is 1.56 bits per heavy atom. The van der Waals surface area contributed by atoms with Crippen LogP contribution in [0.15, 0.2) is 12.4 Å². The first-order valence-corrected chi connectivity index (χ1v) is 6.73. The van der Waals surface area contributed by atoms with Crippen LogP contribution in [-0.4, -0.2) is 48.3 Å². The molecule has 0 amide bonds. The summed E-state index contributed by atoms with van der Waals surface area (Å²) in [5.74, 6) is 1.88. The largest absolute Gasteiger partial charge is 0.477 e. The van der Waals surface area contributed by atoms with Crippen LogP contribution in [0, 0.1) is 0 Å². The summed E-state index contributed by atoms with van der Waals surface area (Å²) in [5, 5.41) is 0. The summed E-state index contributed by atoms with van der Waals surface area (Å²) in [5.41, 5.74) is 0. The van der Waals surface area contributed by atoms with Crippen LogP contribution in [0.1, 0.15) is 13.3 Å². The SMILES string of the molecule is CCCOc1cncc(N2CCOCC2CCl)n1. The third-order valence-electron chi connectivity index (χ3n) is 2.75. The van der Waals surface area contributed by atoms with E-state index in [0.717, 1.165) is 18.8 Å². The van der Waals surface area contributed by atoms with Crippen molar-refractivity contribution in [3.63, 3.8) is 0 Å². The topological polar surface area (TPSA) is 47.5 Å². The summed E-state index contributed by atoms with van der Waals surface area (Å²) in [7, 11) is 0. The van der Waals surface area contributed by atoms with Crippen molar-refractivity contribution in [1.82, 2.24) is 9.97 Å². The first kappa shape index (κ1) is 13.4. The standard InChI is InChI=1S/C12H18ClN3O2/c1-2-4-18-12-8-14-7-11(15-12)16-3-5-17-9-10(16)6-13/h7-8,10H,2-6,9H2,1H3. The molecule has 0 radical (unpaired) electrons. The minimum atomic E-state index is 0.149. The van der Waals surface area contributed by atoms with Gasteiger partial charge in [-0.2, -0.15) is 4.98 Å². The third-order valence-corrected chi connectivity index (χ3v) is 3.11. The zero-order valence-electron chi connectivity index (χ0n) is 10.5. The summed E-state index contributed by atoms with van der Waals surface area (Å²) in [4.78, 5) is 10.8. The molecular formula is C12H18ClN3O2. The fourth-order valence-corrected chi connectivity index (χ4v) is 2.09. The summed E-state index contributed by atoms with van der Waals surface area (Å²) in [6.07, 6.45) is 4.33. The first-order chi connectivity index (χ1) is 8.85. The summed E-state index contributed by atoms with van der Waals surface area (Å²) < 4.78 is 10.9. The van der Waals surface area contributed by atoms with E-state index >= 15 is 0 Å². The van der Waals surface area contributed by atoms with Crippen LogP contribution in [0.3, 0.4) is 0 Å². The number of morpholine rings is 1. The van der Waals surface area contributed by atoms with Gasteiger partial charge in [-0.05, 0) is 6.42 Å². The molecule has 2 heterocycles. The van der Waals surface area contributed by atoms with Crippen LogP contribution in [0.25, 0.3) is 0 Å². The Bertz CT molecular complexity index is 378. The molecule has 100 valence electrons. The molecule has 1 aromatic rings. The number of aromatic nitrogens is 2. The average molecular weight is 272 g/mol. The predicted octanol–water partition coefficient (Wildman–Crippen LogP) is 1.71. The Balaban J connectivity index is 2.10. The molecule has 2 rings (SSSR count). The van der Waals surface area contributed by atoms with Gasteiger partial charge in [-0.1, -0.05) is 6.92 Å². The molecule has 1 saturated heterocycles. The van der Waals surface area contributed by atoms with Gasteiger partial charge >= 0.3 is 0 Å². The fraction of sp³-hybridized carbons (Fsp3) is 0.667. The molecule has 1 atom stereocenters. The van der Waals surface area contributed by atoms with Crippen LogP contribution in [0.2, 0.25) is 0 Å². The van der Waals surface area contributed by atoms with E-state index in [1.54, 1.807) is 12.4 Å². The predicted molar refractivity (Wildman–Crippen MR) is 70.5 cm³/mol. The van der Waals surface area contributed by atoms with Gasteiger partial charge in [0.25, 0.3) is 0 Å². The molecule has 0 aromatic carbocycles. The van der Waals surface area contributed by atoms with Crippen molar-refractivity contribution in [2.75, 3.05) is 37.1 Å². The zero-order chi connectivity index (χ0) is 12.8. The maximum Gasteiger partial charge on any atom is 0.234 e. The Labute approximate surface area is 112 Å². The molecule has 1 aliphatic heterocycles. The molecule has 0 bridgehead atoms. The van der Waals surface area contributed by atoms with Gasteiger partial charge in [-0.15, -0.1) is 11.6 Å². The Kier molecular flexibility index (Phi) is 5.01. The number of ether oxygens (including phenoxy) is 2. The van der Waals surface area contributed by atoms with E-state index in [0.29, 0.717) is 31.6 Å². The van der Waals surface area contributed by atoms with E-state index in [2.05, 4.69) is 21.8 Å². The molecule has 1 fully saturated rings. The number of anilines is 1. The second-order valence-corrected chi connectivity index (χ2v) is 4.45. The lowest BCUT2D eigenvalue weighted by Gasteiger charge is -2.35. The zero-order valence-corrected chi connectivity index (χ0v) is 11.3. The van der Waals surface area contributed by atoms with Crippen LogP contribution >= 0.6 is 11.6 Å². The van der Waals surface area contributed by atoms with E-state index in [-0.39, 0.29) is 6.04 Å². The smallest absolute Gasteiger partial charge is 0.234 e. The van der Waals surface area contributed by atoms with E-state index < -0.39 is 0 Å². The highest BCUT2D eigenvalue weighted by molar-refractivity contribution is 6.18. The van der Waals surface area contributed by atoms with E-state index in [4.69, 9.17) is 21.1 Å². The lowest BCUT2D eigenvalue weighted by atomic mass is 10.2. The quantitative estimate of drug-likeness (QED) is 0.763. The summed E-state index contributed by atoms with van der Waals surface area (Å²) in [6.45, 7) is 4.81. The van der Waals surface area contributed by atoms with Crippen molar-refractivity contribution in [1.29, 1.82) is 0 Å². The van der Waals surface area contributed by atoms with Crippen molar-refractivity contribution < 1.29 is 9.47 Å². The second-order valence-electron chi connectivity index (χ2n) is 4.14. The molecule has 0 saturated carbocycles. The number of nitrogens with zero attached hydrogens (tertiary/aromatic N) is 3. The highest BCUT2D eigenvalue weighted by Crippen LogP contribution is 2.19. The third kappa shape index (κ3) is 3.23. The molecule has 18 heavy (non-hydrogen) atoms. The van der Waals surface area contributed by atoms with Gasteiger partial charge in [-0.25, -0.2) is 0 Å². The van der Waals surface area contributed by atoms with E-state index in [9.17, 15) is 0 Å². The molecule has 1 aliphatic rings. The van der Waals surface area contributed by atoms with Gasteiger partial charge in [-0.3, -0.25) is 4.98 Å². The number of hydrogen-bond donors (Lipinski definition) is 0. The van der Waals surface area contributed by atoms with Crippen LogP contribution < -0.4 is 9.64 Å². The number of halogens is 1. The van der Waals surface area contributed by atoms with Crippen molar-refractivity contribution in [3.05, 3.63) is 12.4 Å². The van der Waals surface area contributed by atoms with Crippen molar-refractivity contribution >= 4 is 17.4 Å². The Morgan fingerprint density at radius 3 is 3.22 bits per heavy atom. The number of rotatable bonds is 5. The molecule has 0 aliphatic carbocycles. The summed E-state index contributed by atoms with van der Waals surface area (Å²) in [6, 6.07) is 0.149. The van der Waals surface area contributed by atoms with Crippen molar-refractivity contribution in [2.24, 2.45) is 0 Å². The summed E-state index contributed by atoms with van der Waals surface area (Å²) >= 11 is 5.95.